The summed E-state index contributed by atoms with van der Waals surface area (Å²) in [4.78, 5) is 13.0. The summed E-state index contributed by atoms with van der Waals surface area (Å²) < 4.78 is 20.9. The van der Waals surface area contributed by atoms with Crippen LogP contribution in [0.4, 0.5) is 4.39 Å². The van der Waals surface area contributed by atoms with Gasteiger partial charge in [-0.05, 0) is 62.6 Å². The van der Waals surface area contributed by atoms with Crippen molar-refractivity contribution in [2.24, 2.45) is 5.92 Å². The summed E-state index contributed by atoms with van der Waals surface area (Å²) in [5.74, 6) is -0.638. The zero-order valence-electron chi connectivity index (χ0n) is 19.2. The van der Waals surface area contributed by atoms with Gasteiger partial charge in [0, 0.05) is 24.6 Å². The van der Waals surface area contributed by atoms with Crippen LogP contribution in [0.25, 0.3) is 0 Å². The third-order valence-corrected chi connectivity index (χ3v) is 7.22. The molecule has 0 radical (unpaired) electrons. The Hall–Kier alpha value is -3.14. The number of nitriles is 1. The minimum absolute atomic E-state index is 0.0802. The van der Waals surface area contributed by atoms with Crippen LogP contribution in [0.3, 0.4) is 0 Å². The molecule has 6 nitrogen and oxygen atoms in total. The van der Waals surface area contributed by atoms with E-state index in [1.807, 2.05) is 6.07 Å². The number of benzene rings is 1. The average molecular weight is 452 g/mol. The second-order valence-electron chi connectivity index (χ2n) is 9.87. The van der Waals surface area contributed by atoms with Gasteiger partial charge in [0.15, 0.2) is 0 Å². The Kier molecular flexibility index (Phi) is 6.29. The number of hydrogen-bond acceptors (Lipinski definition) is 5. The number of halogens is 1. The second-order valence-corrected chi connectivity index (χ2v) is 9.87. The van der Waals surface area contributed by atoms with E-state index in [4.69, 9.17) is 4.74 Å². The van der Waals surface area contributed by atoms with Crippen molar-refractivity contribution in [2.45, 2.75) is 76.2 Å². The lowest BCUT2D eigenvalue weighted by molar-refractivity contribution is -0.167. The van der Waals surface area contributed by atoms with Crippen molar-refractivity contribution in [1.82, 2.24) is 10.2 Å². The third kappa shape index (κ3) is 4.66. The molecule has 2 aliphatic rings. The van der Waals surface area contributed by atoms with E-state index < -0.39 is 22.8 Å². The van der Waals surface area contributed by atoms with Crippen LogP contribution in [-0.2, 0) is 27.8 Å². The summed E-state index contributed by atoms with van der Waals surface area (Å²) in [6.45, 7) is 3.38. The molecular formula is C26H30FN3O3. The number of carbonyl (C=O) groups is 1. The van der Waals surface area contributed by atoms with Crippen LogP contribution in [0.5, 0.6) is 0 Å². The number of hydrogen-bond donors (Lipinski definition) is 2. The maximum absolute atomic E-state index is 14.8. The highest BCUT2D eigenvalue weighted by atomic mass is 19.1. The van der Waals surface area contributed by atoms with E-state index in [9.17, 15) is 19.6 Å². The van der Waals surface area contributed by atoms with Gasteiger partial charge in [0.05, 0.1) is 23.3 Å². The molecule has 1 unspecified atom stereocenters. The first kappa shape index (κ1) is 23.0. The average Bonchev–Trinajstić information content (AvgIpc) is 3.49. The number of aromatic amines is 1. The number of nitrogens with zero attached hydrogens (tertiary/aromatic N) is 2. The fraction of sp³-hybridized carbons (Fsp3) is 0.500. The van der Waals surface area contributed by atoms with Gasteiger partial charge in [0.2, 0.25) is 0 Å². The number of esters is 1. The van der Waals surface area contributed by atoms with E-state index >= 15 is 0 Å². The fourth-order valence-corrected chi connectivity index (χ4v) is 5.20. The van der Waals surface area contributed by atoms with Gasteiger partial charge in [-0.3, -0.25) is 5.10 Å². The monoisotopic (exact) mass is 451 g/mol. The van der Waals surface area contributed by atoms with Crippen LogP contribution in [0.15, 0.2) is 41.9 Å². The summed E-state index contributed by atoms with van der Waals surface area (Å²) in [5, 5.41) is 26.8. The van der Waals surface area contributed by atoms with Crippen molar-refractivity contribution in [3.63, 3.8) is 0 Å². The third-order valence-electron chi connectivity index (χ3n) is 7.22. The first-order valence-corrected chi connectivity index (χ1v) is 11.6. The molecule has 174 valence electrons. The Morgan fingerprint density at radius 1 is 1.33 bits per heavy atom. The highest BCUT2D eigenvalue weighted by molar-refractivity contribution is 5.90. The molecule has 2 N–H and O–H groups in total. The summed E-state index contributed by atoms with van der Waals surface area (Å²) in [6.07, 6.45) is 8.91. The first-order valence-electron chi connectivity index (χ1n) is 11.6. The molecule has 4 rings (SSSR count). The molecule has 1 aromatic heterocycles. The minimum atomic E-state index is -0.908. The zero-order valence-corrected chi connectivity index (χ0v) is 19.2. The largest absolute Gasteiger partial charge is 0.512 e. The Labute approximate surface area is 193 Å². The maximum Gasteiger partial charge on any atom is 0.338 e. The Morgan fingerprint density at radius 3 is 2.70 bits per heavy atom. The quantitative estimate of drug-likeness (QED) is 0.563. The van der Waals surface area contributed by atoms with Crippen molar-refractivity contribution in [3.8, 4) is 6.07 Å². The predicted octanol–water partition coefficient (Wildman–Crippen LogP) is 5.21. The molecule has 0 spiro atoms. The minimum Gasteiger partial charge on any atom is -0.512 e. The molecule has 1 aliphatic heterocycles. The summed E-state index contributed by atoms with van der Waals surface area (Å²) in [6, 6.07) is 7.12. The molecule has 1 saturated carbocycles. The zero-order chi connectivity index (χ0) is 23.6. The second kappa shape index (κ2) is 9.01. The van der Waals surface area contributed by atoms with E-state index in [2.05, 4.69) is 16.3 Å². The molecule has 0 amide bonds. The smallest absolute Gasteiger partial charge is 0.338 e. The molecule has 1 aromatic carbocycles. The van der Waals surface area contributed by atoms with E-state index in [0.717, 1.165) is 36.8 Å². The molecule has 0 saturated heterocycles. The standard InChI is InChI=1S/C26H30FN3O3/c1-25(2,16-28)21-8-7-17(12-22(21)27)9-10-26(19-5-3-4-6-19)13-23(31)20(24(32)33-26)11-18-14-29-30-15-18/h7-8,12,14-15,19,31H,3-6,9-11,13H2,1-2H3,(H,29,30). The molecule has 2 heterocycles. The van der Waals surface area contributed by atoms with Crippen molar-refractivity contribution >= 4 is 5.97 Å². The molecule has 2 aromatic rings. The van der Waals surface area contributed by atoms with E-state index in [1.165, 1.54) is 6.07 Å². The lowest BCUT2D eigenvalue weighted by Gasteiger charge is -2.42. The highest BCUT2D eigenvalue weighted by Crippen LogP contribution is 2.46. The molecule has 33 heavy (non-hydrogen) atoms. The molecule has 0 bridgehead atoms. The normalized spacial score (nSPS) is 21.8. The molecule has 1 aliphatic carbocycles. The van der Waals surface area contributed by atoms with Crippen LogP contribution in [0.1, 0.15) is 69.1 Å². The van der Waals surface area contributed by atoms with Crippen LogP contribution in [0.2, 0.25) is 0 Å². The van der Waals surface area contributed by atoms with Gasteiger partial charge >= 0.3 is 5.97 Å². The van der Waals surface area contributed by atoms with Gasteiger partial charge in [0.1, 0.15) is 17.2 Å². The van der Waals surface area contributed by atoms with E-state index in [0.29, 0.717) is 18.4 Å². The van der Waals surface area contributed by atoms with Crippen molar-refractivity contribution in [2.75, 3.05) is 0 Å². The van der Waals surface area contributed by atoms with Crippen LogP contribution < -0.4 is 0 Å². The number of rotatable bonds is 7. The number of aromatic nitrogens is 2. The maximum atomic E-state index is 14.8. The number of carbonyl (C=O) groups excluding carboxylic acids is 1. The number of cyclic esters (lactones) is 1. The van der Waals surface area contributed by atoms with Gasteiger partial charge in [0.25, 0.3) is 0 Å². The SMILES string of the molecule is CC(C)(C#N)c1ccc(CCC2(C3CCCC3)CC(O)=C(Cc3cn[nH]c3)C(=O)O2)cc1F. The summed E-state index contributed by atoms with van der Waals surface area (Å²) >= 11 is 0. The molecule has 1 atom stereocenters. The summed E-state index contributed by atoms with van der Waals surface area (Å²) in [7, 11) is 0. The highest BCUT2D eigenvalue weighted by Gasteiger charge is 2.48. The van der Waals surface area contributed by atoms with Crippen LogP contribution in [0, 0.1) is 23.1 Å². The number of aliphatic hydroxyl groups is 1. The lowest BCUT2D eigenvalue weighted by atomic mass is 9.76. The number of nitrogens with one attached hydrogen (secondary N) is 1. The van der Waals surface area contributed by atoms with Crippen molar-refractivity contribution in [1.29, 1.82) is 5.26 Å². The van der Waals surface area contributed by atoms with Crippen molar-refractivity contribution in [3.05, 3.63) is 64.4 Å². The Bertz CT molecular complexity index is 1090. The van der Waals surface area contributed by atoms with Gasteiger partial charge < -0.3 is 9.84 Å². The molecular weight excluding hydrogens is 421 g/mol. The van der Waals surface area contributed by atoms with E-state index in [-0.39, 0.29) is 30.1 Å². The van der Waals surface area contributed by atoms with Gasteiger partial charge in [-0.25, -0.2) is 9.18 Å². The van der Waals surface area contributed by atoms with Crippen LogP contribution in [-0.4, -0.2) is 26.9 Å². The Balaban J connectivity index is 1.56. The van der Waals surface area contributed by atoms with Gasteiger partial charge in [-0.15, -0.1) is 0 Å². The molecule has 7 heteroatoms. The number of aliphatic hydroxyl groups excluding tert-OH is 1. The van der Waals surface area contributed by atoms with Crippen molar-refractivity contribution < 1.29 is 19.0 Å². The first-order chi connectivity index (χ1) is 15.7. The summed E-state index contributed by atoms with van der Waals surface area (Å²) in [5.41, 5.74) is 0.531. The number of H-pyrrole nitrogens is 1. The molecule has 1 fully saturated rings. The van der Waals surface area contributed by atoms with Gasteiger partial charge in [-0.1, -0.05) is 25.0 Å². The topological polar surface area (TPSA) is 99.0 Å². The Morgan fingerprint density at radius 2 is 2.09 bits per heavy atom. The fourth-order valence-electron chi connectivity index (χ4n) is 5.20. The number of aryl methyl sites for hydroxylation is 1. The predicted molar refractivity (Wildman–Crippen MR) is 121 cm³/mol. The lowest BCUT2D eigenvalue weighted by Crippen LogP contribution is -2.46. The van der Waals surface area contributed by atoms with Crippen LogP contribution >= 0.6 is 0 Å². The number of ether oxygens (including phenoxy) is 1. The van der Waals surface area contributed by atoms with E-state index in [1.54, 1.807) is 32.3 Å². The van der Waals surface area contributed by atoms with Gasteiger partial charge in [-0.2, -0.15) is 10.4 Å².